The van der Waals surface area contributed by atoms with Gasteiger partial charge in [0.05, 0.1) is 0 Å². The van der Waals surface area contributed by atoms with E-state index in [-0.39, 0.29) is 5.75 Å². The summed E-state index contributed by atoms with van der Waals surface area (Å²) in [5, 5.41) is 0.512. The number of aryl methyl sites for hydroxylation is 1. The Morgan fingerprint density at radius 1 is 1.33 bits per heavy atom. The summed E-state index contributed by atoms with van der Waals surface area (Å²) >= 11 is 6.27. The van der Waals surface area contributed by atoms with E-state index in [0.717, 1.165) is 16.8 Å². The van der Waals surface area contributed by atoms with Gasteiger partial charge in [0.15, 0.2) is 0 Å². The highest BCUT2D eigenvalue weighted by molar-refractivity contribution is 6.30. The topological polar surface area (TPSA) is 14.2 Å². The monoisotopic (exact) mass is 355 g/mol. The van der Waals surface area contributed by atoms with E-state index in [9.17, 15) is 13.2 Å². The fraction of sp³-hybridized carbons (Fsp3) is 0.222. The van der Waals surface area contributed by atoms with E-state index in [0.29, 0.717) is 17.3 Å². The van der Waals surface area contributed by atoms with Gasteiger partial charge in [-0.15, -0.1) is 13.2 Å². The molecule has 0 aliphatic carbocycles. The molecule has 2 nitrogen and oxygen atoms in total. The van der Waals surface area contributed by atoms with Gasteiger partial charge in [-0.3, -0.25) is 0 Å². The van der Waals surface area contributed by atoms with E-state index < -0.39 is 6.36 Å². The first-order valence-electron chi connectivity index (χ1n) is 7.20. The van der Waals surface area contributed by atoms with Crippen LogP contribution in [0.25, 0.3) is 6.08 Å². The molecule has 1 aromatic carbocycles. The number of ether oxygens (including phenoxy) is 1. The maximum Gasteiger partial charge on any atom is 0.573 e. The van der Waals surface area contributed by atoms with Crippen molar-refractivity contribution in [1.29, 1.82) is 0 Å². The Morgan fingerprint density at radius 2 is 2.04 bits per heavy atom. The van der Waals surface area contributed by atoms with Gasteiger partial charge in [-0.25, -0.2) is 0 Å². The summed E-state index contributed by atoms with van der Waals surface area (Å²) in [5.74, 6) is -0.251. The van der Waals surface area contributed by atoms with Gasteiger partial charge in [0.1, 0.15) is 10.9 Å². The first kappa shape index (κ1) is 18.2. The van der Waals surface area contributed by atoms with Crippen LogP contribution in [-0.2, 0) is 6.54 Å². The Balaban J connectivity index is 2.35. The molecule has 0 atom stereocenters. The maximum absolute atomic E-state index is 12.3. The van der Waals surface area contributed by atoms with Crippen LogP contribution in [0.15, 0.2) is 48.6 Å². The van der Waals surface area contributed by atoms with Crippen LogP contribution in [0.1, 0.15) is 23.7 Å². The molecule has 0 unspecified atom stereocenters. The third-order valence-corrected chi connectivity index (χ3v) is 3.76. The fourth-order valence-electron chi connectivity index (χ4n) is 2.31. The molecular weight excluding hydrogens is 339 g/mol. The molecule has 1 heterocycles. The van der Waals surface area contributed by atoms with Crippen molar-refractivity contribution in [3.8, 4) is 5.75 Å². The van der Waals surface area contributed by atoms with Crippen LogP contribution in [0.2, 0.25) is 5.15 Å². The van der Waals surface area contributed by atoms with E-state index in [1.807, 2.05) is 30.6 Å². The molecule has 0 spiro atoms. The first-order chi connectivity index (χ1) is 11.2. The summed E-state index contributed by atoms with van der Waals surface area (Å²) in [7, 11) is 0. The fourth-order valence-corrected chi connectivity index (χ4v) is 2.62. The highest BCUT2D eigenvalue weighted by atomic mass is 35.5. The van der Waals surface area contributed by atoms with Crippen molar-refractivity contribution in [3.05, 3.63) is 70.5 Å². The van der Waals surface area contributed by atoms with Crippen LogP contribution in [0.5, 0.6) is 5.75 Å². The van der Waals surface area contributed by atoms with E-state index in [4.69, 9.17) is 11.6 Å². The highest BCUT2D eigenvalue weighted by Gasteiger charge is 2.31. The maximum atomic E-state index is 12.3. The van der Waals surface area contributed by atoms with Gasteiger partial charge in [-0.2, -0.15) is 0 Å². The Kier molecular flexibility index (Phi) is 5.44. The molecule has 0 aliphatic heterocycles. The molecule has 2 aromatic rings. The van der Waals surface area contributed by atoms with Gasteiger partial charge >= 0.3 is 6.36 Å². The Hall–Kier alpha value is -2.14. The second-order valence-corrected chi connectivity index (χ2v) is 5.80. The van der Waals surface area contributed by atoms with Crippen LogP contribution in [-0.4, -0.2) is 10.9 Å². The lowest BCUT2D eigenvalue weighted by Gasteiger charge is -2.12. The second kappa shape index (κ2) is 7.18. The minimum atomic E-state index is -4.71. The van der Waals surface area contributed by atoms with Gasteiger partial charge in [-0.1, -0.05) is 36.4 Å². The number of halogens is 4. The molecule has 6 heteroatoms. The lowest BCUT2D eigenvalue weighted by molar-refractivity contribution is -0.274. The molecule has 0 saturated carbocycles. The predicted molar refractivity (Wildman–Crippen MR) is 90.3 cm³/mol. The van der Waals surface area contributed by atoms with Gasteiger partial charge in [0.25, 0.3) is 0 Å². The molecule has 0 fully saturated rings. The van der Waals surface area contributed by atoms with Crippen molar-refractivity contribution >= 4 is 17.7 Å². The van der Waals surface area contributed by atoms with E-state index >= 15 is 0 Å². The van der Waals surface area contributed by atoms with Crippen LogP contribution in [0.4, 0.5) is 13.2 Å². The molecule has 2 rings (SSSR count). The molecule has 0 bridgehead atoms. The van der Waals surface area contributed by atoms with Crippen LogP contribution in [0, 0.1) is 6.92 Å². The Labute approximate surface area is 143 Å². The highest BCUT2D eigenvalue weighted by Crippen LogP contribution is 2.27. The average Bonchev–Trinajstić information content (AvgIpc) is 2.72. The molecule has 0 amide bonds. The Bertz CT molecular complexity index is 775. The number of hydrogen-bond donors (Lipinski definition) is 0. The normalized spacial score (nSPS) is 12.3. The number of benzene rings is 1. The molecule has 1 aromatic heterocycles. The van der Waals surface area contributed by atoms with Gasteiger partial charge in [0.2, 0.25) is 0 Å². The van der Waals surface area contributed by atoms with Crippen molar-refractivity contribution in [2.75, 3.05) is 0 Å². The summed E-state index contributed by atoms with van der Waals surface area (Å²) in [6, 6.07) is 7.68. The Morgan fingerprint density at radius 3 is 2.67 bits per heavy atom. The van der Waals surface area contributed by atoms with Crippen LogP contribution < -0.4 is 4.74 Å². The number of hydrogen-bond acceptors (Lipinski definition) is 1. The molecule has 0 aliphatic rings. The first-order valence-corrected chi connectivity index (χ1v) is 7.58. The zero-order valence-electron chi connectivity index (χ0n) is 13.3. The predicted octanol–water partition coefficient (Wildman–Crippen LogP) is 5.99. The van der Waals surface area contributed by atoms with Gasteiger partial charge in [-0.05, 0) is 54.8 Å². The van der Waals surface area contributed by atoms with Crippen LogP contribution >= 0.6 is 11.6 Å². The largest absolute Gasteiger partial charge is 0.573 e. The van der Waals surface area contributed by atoms with Crippen molar-refractivity contribution in [3.63, 3.8) is 0 Å². The van der Waals surface area contributed by atoms with Crippen molar-refractivity contribution in [1.82, 2.24) is 4.57 Å². The molecule has 0 radical (unpaired) electrons. The number of aromatic nitrogens is 1. The third-order valence-electron chi connectivity index (χ3n) is 3.45. The average molecular weight is 356 g/mol. The third kappa shape index (κ3) is 4.68. The van der Waals surface area contributed by atoms with E-state index in [1.54, 1.807) is 12.1 Å². The zero-order chi connectivity index (χ0) is 17.9. The summed E-state index contributed by atoms with van der Waals surface area (Å²) in [4.78, 5) is 0. The SMILES string of the molecule is C=C/C(C)=C\c1c(C)cc(Cl)n1Cc1cccc(OC(F)(F)F)c1. The molecule has 24 heavy (non-hydrogen) atoms. The molecule has 0 saturated heterocycles. The second-order valence-electron chi connectivity index (χ2n) is 5.41. The van der Waals surface area contributed by atoms with Crippen molar-refractivity contribution in [2.45, 2.75) is 26.8 Å². The minimum Gasteiger partial charge on any atom is -0.406 e. The number of allylic oxidation sites excluding steroid dienone is 2. The molecule has 128 valence electrons. The standard InChI is InChI=1S/C18H17ClF3NO/c1-4-12(2)8-16-13(3)9-17(19)23(16)11-14-6-5-7-15(10-14)24-18(20,21)22/h4-10H,1,11H2,2-3H3/b12-8-. The molecule has 0 N–H and O–H groups in total. The number of rotatable bonds is 5. The van der Waals surface area contributed by atoms with Gasteiger partial charge < -0.3 is 9.30 Å². The summed E-state index contributed by atoms with van der Waals surface area (Å²) in [6.07, 6.45) is -1.05. The van der Waals surface area contributed by atoms with Gasteiger partial charge in [0, 0.05) is 12.2 Å². The van der Waals surface area contributed by atoms with Crippen molar-refractivity contribution in [2.24, 2.45) is 0 Å². The quantitative estimate of drug-likeness (QED) is 0.601. The lowest BCUT2D eigenvalue weighted by Crippen LogP contribution is -2.17. The molecular formula is C18H17ClF3NO. The number of alkyl halides is 3. The lowest BCUT2D eigenvalue weighted by atomic mass is 10.1. The number of nitrogens with zero attached hydrogens (tertiary/aromatic N) is 1. The zero-order valence-corrected chi connectivity index (χ0v) is 14.1. The minimum absolute atomic E-state index is 0.251. The summed E-state index contributed by atoms with van der Waals surface area (Å²) in [6.45, 7) is 7.89. The van der Waals surface area contributed by atoms with Crippen molar-refractivity contribution < 1.29 is 17.9 Å². The van der Waals surface area contributed by atoms with E-state index in [1.165, 1.54) is 18.2 Å². The summed E-state index contributed by atoms with van der Waals surface area (Å²) < 4.78 is 42.8. The smallest absolute Gasteiger partial charge is 0.406 e. The van der Waals surface area contributed by atoms with E-state index in [2.05, 4.69) is 11.3 Å². The summed E-state index contributed by atoms with van der Waals surface area (Å²) in [5.41, 5.74) is 3.48. The van der Waals surface area contributed by atoms with Crippen LogP contribution in [0.3, 0.4) is 0 Å².